The highest BCUT2D eigenvalue weighted by Crippen LogP contribution is 2.34. The summed E-state index contributed by atoms with van der Waals surface area (Å²) in [6, 6.07) is 15.5. The number of nitrogens with one attached hydrogen (secondary N) is 1. The van der Waals surface area contributed by atoms with Gasteiger partial charge in [-0.1, -0.05) is 48.5 Å². The van der Waals surface area contributed by atoms with Gasteiger partial charge in [-0.3, -0.25) is 19.0 Å². The van der Waals surface area contributed by atoms with Crippen LogP contribution in [0, 0.1) is 6.92 Å². The van der Waals surface area contributed by atoms with Crippen molar-refractivity contribution in [2.75, 3.05) is 17.6 Å². The molecule has 9 heteroatoms. The Hall–Kier alpha value is -3.43. The largest absolute Gasteiger partial charge is 0.337 e. The first-order valence-corrected chi connectivity index (χ1v) is 14.1. The molecule has 1 aliphatic heterocycles. The molecule has 0 aliphatic carbocycles. The molecule has 2 aromatic heterocycles. The zero-order valence-corrected chi connectivity index (χ0v) is 22.7. The van der Waals surface area contributed by atoms with Crippen LogP contribution in [0.25, 0.3) is 15.9 Å². The predicted octanol–water partition coefficient (Wildman–Crippen LogP) is 4.95. The van der Waals surface area contributed by atoms with Gasteiger partial charge in [0.25, 0.3) is 5.56 Å². The van der Waals surface area contributed by atoms with Crippen LogP contribution in [0.3, 0.4) is 0 Å². The fourth-order valence-electron chi connectivity index (χ4n) is 4.51. The molecule has 0 atom stereocenters. The number of nitrogens with zero attached hydrogens (tertiary/aromatic N) is 3. The fraction of sp³-hybridized carbons (Fsp3) is 0.286. The van der Waals surface area contributed by atoms with Crippen molar-refractivity contribution < 1.29 is 9.59 Å². The lowest BCUT2D eigenvalue weighted by Crippen LogP contribution is -2.34. The molecule has 37 heavy (non-hydrogen) atoms. The third-order valence-corrected chi connectivity index (χ3v) is 8.58. The summed E-state index contributed by atoms with van der Waals surface area (Å²) in [4.78, 5) is 47.0. The second-order valence-corrected chi connectivity index (χ2v) is 11.2. The normalized spacial score (nSPS) is 13.0. The lowest BCUT2D eigenvalue weighted by molar-refractivity contribution is -0.129. The summed E-state index contributed by atoms with van der Waals surface area (Å²) in [6.45, 7) is 6.73. The summed E-state index contributed by atoms with van der Waals surface area (Å²) in [5.41, 5.74) is 4.55. The van der Waals surface area contributed by atoms with Gasteiger partial charge >= 0.3 is 0 Å². The molecule has 5 rings (SSSR count). The molecule has 1 aliphatic rings. The Labute approximate surface area is 223 Å². The smallest absolute Gasteiger partial charge is 0.267 e. The zero-order valence-electron chi connectivity index (χ0n) is 21.0. The average molecular weight is 533 g/mol. The number of hydrogen-bond acceptors (Lipinski definition) is 6. The first-order chi connectivity index (χ1) is 17.8. The van der Waals surface area contributed by atoms with Crippen LogP contribution >= 0.6 is 23.1 Å². The minimum Gasteiger partial charge on any atom is -0.337 e. The molecule has 0 unspecified atom stereocenters. The second-order valence-electron chi connectivity index (χ2n) is 9.14. The number of amides is 2. The molecule has 7 nitrogen and oxygen atoms in total. The van der Waals surface area contributed by atoms with Crippen LogP contribution in [0.2, 0.25) is 0 Å². The number of carbonyl (C=O) groups excluding carboxylic acids is 2. The van der Waals surface area contributed by atoms with Crippen molar-refractivity contribution in [3.05, 3.63) is 80.5 Å². The summed E-state index contributed by atoms with van der Waals surface area (Å²) in [6.07, 6.45) is 1.52. The van der Waals surface area contributed by atoms with E-state index in [0.29, 0.717) is 40.6 Å². The Morgan fingerprint density at radius 3 is 2.68 bits per heavy atom. The maximum atomic E-state index is 13.9. The molecular weight excluding hydrogens is 504 g/mol. The average Bonchev–Trinajstić information content (AvgIpc) is 3.26. The van der Waals surface area contributed by atoms with Crippen molar-refractivity contribution in [1.82, 2.24) is 14.5 Å². The van der Waals surface area contributed by atoms with Gasteiger partial charge in [0.05, 0.1) is 23.4 Å². The van der Waals surface area contributed by atoms with Gasteiger partial charge in [0.1, 0.15) is 4.83 Å². The summed E-state index contributed by atoms with van der Waals surface area (Å²) in [7, 11) is 0. The highest BCUT2D eigenvalue weighted by molar-refractivity contribution is 7.99. The Morgan fingerprint density at radius 1 is 1.16 bits per heavy atom. The van der Waals surface area contributed by atoms with Gasteiger partial charge in [-0.25, -0.2) is 4.98 Å². The quantitative estimate of drug-likeness (QED) is 0.281. The molecule has 3 heterocycles. The van der Waals surface area contributed by atoms with E-state index in [1.54, 1.807) is 16.4 Å². The number of benzene rings is 2. The van der Waals surface area contributed by atoms with Gasteiger partial charge in [0, 0.05) is 24.0 Å². The SMILES string of the molecule is CCc1cccc(NC(=O)CSc2nc3sc4c(c3c(=O)n2-c2ccc(C)cc2)CCN(C(C)=O)C4)c1. The number of rotatable bonds is 6. The number of thiophene rings is 1. The standard InChI is InChI=1S/C28H28N4O3S2/c1-4-19-6-5-7-20(14-19)29-24(34)16-36-28-30-26-25(22-12-13-31(18(3)33)15-23(22)37-26)27(35)32(28)21-10-8-17(2)9-11-21/h5-11,14H,4,12-13,15-16H2,1-3H3,(H,29,34). The number of aromatic nitrogens is 2. The van der Waals surface area contributed by atoms with E-state index in [-0.39, 0.29) is 23.1 Å². The number of aryl methyl sites for hydroxylation is 2. The van der Waals surface area contributed by atoms with E-state index in [9.17, 15) is 14.4 Å². The van der Waals surface area contributed by atoms with E-state index in [0.717, 1.165) is 33.7 Å². The zero-order chi connectivity index (χ0) is 26.1. The molecule has 2 amide bonds. The highest BCUT2D eigenvalue weighted by atomic mass is 32.2. The molecule has 0 saturated carbocycles. The minimum absolute atomic E-state index is 0.0277. The third-order valence-electron chi connectivity index (χ3n) is 6.53. The molecule has 0 spiro atoms. The predicted molar refractivity (Wildman–Crippen MR) is 150 cm³/mol. The van der Waals surface area contributed by atoms with Crippen molar-refractivity contribution in [2.45, 2.75) is 45.3 Å². The number of anilines is 1. The van der Waals surface area contributed by atoms with Gasteiger partial charge in [-0.2, -0.15) is 0 Å². The van der Waals surface area contributed by atoms with E-state index in [4.69, 9.17) is 4.98 Å². The third kappa shape index (κ3) is 5.19. The summed E-state index contributed by atoms with van der Waals surface area (Å²) >= 11 is 2.71. The van der Waals surface area contributed by atoms with Crippen LogP contribution in [0.1, 0.15) is 35.4 Å². The van der Waals surface area contributed by atoms with Crippen LogP contribution in [0.5, 0.6) is 0 Å². The van der Waals surface area contributed by atoms with Crippen LogP contribution in [0.15, 0.2) is 58.5 Å². The number of hydrogen-bond donors (Lipinski definition) is 1. The molecule has 190 valence electrons. The molecule has 2 aromatic carbocycles. The van der Waals surface area contributed by atoms with Crippen molar-refractivity contribution in [1.29, 1.82) is 0 Å². The van der Waals surface area contributed by atoms with Gasteiger partial charge in [-0.05, 0) is 55.2 Å². The summed E-state index contributed by atoms with van der Waals surface area (Å²) in [5.74, 6) is -0.0194. The summed E-state index contributed by atoms with van der Waals surface area (Å²) in [5, 5.41) is 4.04. The van der Waals surface area contributed by atoms with E-state index >= 15 is 0 Å². The summed E-state index contributed by atoms with van der Waals surface area (Å²) < 4.78 is 1.61. The monoisotopic (exact) mass is 532 g/mol. The number of thioether (sulfide) groups is 1. The molecule has 0 bridgehead atoms. The molecule has 1 N–H and O–H groups in total. The van der Waals surface area contributed by atoms with E-state index < -0.39 is 0 Å². The van der Waals surface area contributed by atoms with Crippen molar-refractivity contribution in [3.8, 4) is 5.69 Å². The fourth-order valence-corrected chi connectivity index (χ4v) is 6.60. The Bertz CT molecular complexity index is 1560. The van der Waals surface area contributed by atoms with Crippen LogP contribution in [0.4, 0.5) is 5.69 Å². The maximum Gasteiger partial charge on any atom is 0.267 e. The van der Waals surface area contributed by atoms with Gasteiger partial charge in [0.2, 0.25) is 11.8 Å². The van der Waals surface area contributed by atoms with Crippen LogP contribution in [-0.4, -0.2) is 38.6 Å². The van der Waals surface area contributed by atoms with Crippen molar-refractivity contribution in [3.63, 3.8) is 0 Å². The minimum atomic E-state index is -0.161. The Balaban J connectivity index is 1.51. The van der Waals surface area contributed by atoms with Crippen molar-refractivity contribution in [2.24, 2.45) is 0 Å². The molecule has 4 aromatic rings. The van der Waals surface area contributed by atoms with E-state index in [1.807, 2.05) is 55.5 Å². The Kier molecular flexibility index (Phi) is 7.17. The topological polar surface area (TPSA) is 84.3 Å². The molecule has 0 saturated heterocycles. The molecule has 0 radical (unpaired) electrons. The number of fused-ring (bicyclic) bond motifs is 3. The van der Waals surface area contributed by atoms with Gasteiger partial charge in [0.15, 0.2) is 5.16 Å². The first-order valence-electron chi connectivity index (χ1n) is 12.3. The first kappa shape index (κ1) is 25.2. The Morgan fingerprint density at radius 2 is 1.95 bits per heavy atom. The van der Waals surface area contributed by atoms with Crippen LogP contribution in [-0.2, 0) is 29.0 Å². The lowest BCUT2D eigenvalue weighted by atomic mass is 10.1. The van der Waals surface area contributed by atoms with E-state index in [2.05, 4.69) is 12.2 Å². The molecule has 0 fully saturated rings. The second kappa shape index (κ2) is 10.5. The highest BCUT2D eigenvalue weighted by Gasteiger charge is 2.26. The maximum absolute atomic E-state index is 13.9. The van der Waals surface area contributed by atoms with Crippen LogP contribution < -0.4 is 10.9 Å². The van der Waals surface area contributed by atoms with E-state index in [1.165, 1.54) is 23.1 Å². The molecular formula is C28H28N4O3S2. The number of carbonyl (C=O) groups is 2. The van der Waals surface area contributed by atoms with Gasteiger partial charge < -0.3 is 10.2 Å². The lowest BCUT2D eigenvalue weighted by Gasteiger charge is -2.25. The van der Waals surface area contributed by atoms with Gasteiger partial charge in [-0.15, -0.1) is 11.3 Å². The van der Waals surface area contributed by atoms with Crippen molar-refractivity contribution >= 4 is 50.8 Å².